The van der Waals surface area contributed by atoms with E-state index in [1.165, 1.54) is 15.6 Å². The molecule has 0 unspecified atom stereocenters. The molecule has 1 aromatic heterocycles. The molecule has 2 rings (SSSR count). The molecule has 0 saturated carbocycles. The van der Waals surface area contributed by atoms with Crippen LogP contribution in [0.25, 0.3) is 10.1 Å². The highest BCUT2D eigenvalue weighted by Gasteiger charge is 2.05. The van der Waals surface area contributed by atoms with Gasteiger partial charge in [0.25, 0.3) is 0 Å². The van der Waals surface area contributed by atoms with Crippen LogP contribution in [0.5, 0.6) is 0 Å². The summed E-state index contributed by atoms with van der Waals surface area (Å²) in [7, 11) is 0. The minimum Gasteiger partial charge on any atom is -0.144 e. The fourth-order valence-electron chi connectivity index (χ4n) is 1.36. The summed E-state index contributed by atoms with van der Waals surface area (Å²) in [5.41, 5.74) is 1.23. The van der Waals surface area contributed by atoms with Crippen molar-refractivity contribution in [1.82, 2.24) is 0 Å². The summed E-state index contributed by atoms with van der Waals surface area (Å²) in [5.74, 6) is 0. The van der Waals surface area contributed by atoms with Crippen molar-refractivity contribution in [2.75, 3.05) is 0 Å². The van der Waals surface area contributed by atoms with Crippen molar-refractivity contribution < 1.29 is 0 Å². The third-order valence-corrected chi connectivity index (χ3v) is 3.08. The smallest absolute Gasteiger partial charge is 0.0563 e. The SMILES string of the molecule is C[C@H](Cl)c1cccc2sccc12. The van der Waals surface area contributed by atoms with Gasteiger partial charge in [0.1, 0.15) is 0 Å². The lowest BCUT2D eigenvalue weighted by atomic mass is 10.1. The summed E-state index contributed by atoms with van der Waals surface area (Å²) in [4.78, 5) is 0. The van der Waals surface area contributed by atoms with E-state index in [1.807, 2.05) is 6.92 Å². The first-order valence-corrected chi connectivity index (χ1v) is 5.21. The number of fused-ring (bicyclic) bond motifs is 1. The van der Waals surface area contributed by atoms with Gasteiger partial charge in [0.05, 0.1) is 5.38 Å². The zero-order chi connectivity index (χ0) is 8.55. The lowest BCUT2D eigenvalue weighted by Gasteiger charge is -2.03. The van der Waals surface area contributed by atoms with Gasteiger partial charge >= 0.3 is 0 Å². The number of rotatable bonds is 1. The molecule has 0 saturated heterocycles. The van der Waals surface area contributed by atoms with E-state index in [-0.39, 0.29) is 5.38 Å². The number of hydrogen-bond acceptors (Lipinski definition) is 1. The highest BCUT2D eigenvalue weighted by molar-refractivity contribution is 7.17. The Labute approximate surface area is 80.8 Å². The van der Waals surface area contributed by atoms with Gasteiger partial charge in [-0.05, 0) is 35.4 Å². The number of benzene rings is 1. The van der Waals surface area contributed by atoms with Gasteiger partial charge in [-0.25, -0.2) is 0 Å². The van der Waals surface area contributed by atoms with Crippen molar-refractivity contribution in [2.24, 2.45) is 0 Å². The van der Waals surface area contributed by atoms with Gasteiger partial charge in [-0.15, -0.1) is 22.9 Å². The largest absolute Gasteiger partial charge is 0.144 e. The molecule has 0 N–H and O–H groups in total. The molecule has 1 aromatic carbocycles. The predicted molar refractivity (Wildman–Crippen MR) is 56.1 cm³/mol. The number of alkyl halides is 1. The zero-order valence-corrected chi connectivity index (χ0v) is 8.32. The lowest BCUT2D eigenvalue weighted by molar-refractivity contribution is 1.10. The van der Waals surface area contributed by atoms with Crippen LogP contribution in [0.2, 0.25) is 0 Å². The lowest BCUT2D eigenvalue weighted by Crippen LogP contribution is -1.83. The zero-order valence-electron chi connectivity index (χ0n) is 6.75. The van der Waals surface area contributed by atoms with E-state index in [1.54, 1.807) is 11.3 Å². The van der Waals surface area contributed by atoms with Crippen LogP contribution in [0, 0.1) is 0 Å². The standard InChI is InChI=1S/C10H9ClS/c1-7(11)8-3-2-4-10-9(8)5-6-12-10/h2-7H,1H3/t7-/m0/s1. The Morgan fingerprint density at radius 1 is 1.33 bits per heavy atom. The summed E-state index contributed by atoms with van der Waals surface area (Å²) >= 11 is 7.80. The van der Waals surface area contributed by atoms with Crippen molar-refractivity contribution >= 4 is 33.0 Å². The summed E-state index contributed by atoms with van der Waals surface area (Å²) < 4.78 is 1.32. The summed E-state index contributed by atoms with van der Waals surface area (Å²) in [6, 6.07) is 8.41. The first-order valence-electron chi connectivity index (χ1n) is 3.89. The average Bonchev–Trinajstić information content (AvgIpc) is 2.49. The van der Waals surface area contributed by atoms with Crippen LogP contribution in [-0.4, -0.2) is 0 Å². The summed E-state index contributed by atoms with van der Waals surface area (Å²) in [6.07, 6.45) is 0. The second-order valence-electron chi connectivity index (χ2n) is 2.80. The maximum Gasteiger partial charge on any atom is 0.0563 e. The van der Waals surface area contributed by atoms with Gasteiger partial charge in [-0.1, -0.05) is 12.1 Å². The van der Waals surface area contributed by atoms with Gasteiger partial charge in [0.2, 0.25) is 0 Å². The molecular formula is C10H9ClS. The van der Waals surface area contributed by atoms with E-state index in [4.69, 9.17) is 11.6 Å². The van der Waals surface area contributed by atoms with Crippen LogP contribution >= 0.6 is 22.9 Å². The van der Waals surface area contributed by atoms with Crippen LogP contribution in [-0.2, 0) is 0 Å². The molecule has 2 heteroatoms. The molecule has 62 valence electrons. The fraction of sp³-hybridized carbons (Fsp3) is 0.200. The van der Waals surface area contributed by atoms with Crippen LogP contribution in [0.15, 0.2) is 29.6 Å². The maximum atomic E-state index is 6.04. The molecule has 0 amide bonds. The normalized spacial score (nSPS) is 13.5. The quantitative estimate of drug-likeness (QED) is 0.600. The van der Waals surface area contributed by atoms with Crippen molar-refractivity contribution in [3.63, 3.8) is 0 Å². The van der Waals surface area contributed by atoms with Gasteiger partial charge in [-0.3, -0.25) is 0 Å². The third kappa shape index (κ3) is 1.23. The molecule has 1 heterocycles. The van der Waals surface area contributed by atoms with E-state index >= 15 is 0 Å². The van der Waals surface area contributed by atoms with E-state index < -0.39 is 0 Å². The third-order valence-electron chi connectivity index (χ3n) is 1.96. The molecular weight excluding hydrogens is 188 g/mol. The molecule has 0 radical (unpaired) electrons. The Bertz CT molecular complexity index is 389. The number of thiophene rings is 1. The molecule has 0 bridgehead atoms. The molecule has 0 fully saturated rings. The van der Waals surface area contributed by atoms with Crippen molar-refractivity contribution in [3.8, 4) is 0 Å². The Morgan fingerprint density at radius 3 is 2.92 bits per heavy atom. The first kappa shape index (κ1) is 8.09. The molecule has 0 aliphatic rings. The highest BCUT2D eigenvalue weighted by Crippen LogP contribution is 2.30. The van der Waals surface area contributed by atoms with Gasteiger partial charge < -0.3 is 0 Å². The van der Waals surface area contributed by atoms with Crippen molar-refractivity contribution in [1.29, 1.82) is 0 Å². The molecule has 0 spiro atoms. The second kappa shape index (κ2) is 3.08. The fourth-order valence-corrected chi connectivity index (χ4v) is 2.38. The second-order valence-corrected chi connectivity index (χ2v) is 4.40. The molecule has 0 aliphatic heterocycles. The average molecular weight is 197 g/mol. The van der Waals surface area contributed by atoms with Crippen LogP contribution in [0.4, 0.5) is 0 Å². The van der Waals surface area contributed by atoms with Crippen molar-refractivity contribution in [2.45, 2.75) is 12.3 Å². The molecule has 0 nitrogen and oxygen atoms in total. The Morgan fingerprint density at radius 2 is 2.17 bits per heavy atom. The Balaban J connectivity index is 2.73. The summed E-state index contributed by atoms with van der Waals surface area (Å²) in [6.45, 7) is 2.01. The number of hydrogen-bond donors (Lipinski definition) is 0. The maximum absolute atomic E-state index is 6.04. The highest BCUT2D eigenvalue weighted by atomic mass is 35.5. The van der Waals surface area contributed by atoms with Crippen LogP contribution < -0.4 is 0 Å². The molecule has 12 heavy (non-hydrogen) atoms. The molecule has 0 aliphatic carbocycles. The molecule has 1 atom stereocenters. The summed E-state index contributed by atoms with van der Waals surface area (Å²) in [5, 5.41) is 3.50. The van der Waals surface area contributed by atoms with Crippen LogP contribution in [0.1, 0.15) is 17.9 Å². The number of halogens is 1. The van der Waals surface area contributed by atoms with Gasteiger partial charge in [0, 0.05) is 4.70 Å². The van der Waals surface area contributed by atoms with E-state index in [0.717, 1.165) is 0 Å². The molecule has 2 aromatic rings. The van der Waals surface area contributed by atoms with E-state index in [0.29, 0.717) is 0 Å². The van der Waals surface area contributed by atoms with E-state index in [2.05, 4.69) is 29.6 Å². The first-order chi connectivity index (χ1) is 5.79. The van der Waals surface area contributed by atoms with Gasteiger partial charge in [0.15, 0.2) is 0 Å². The van der Waals surface area contributed by atoms with E-state index in [9.17, 15) is 0 Å². The Hall–Kier alpha value is -0.530. The predicted octanol–water partition coefficient (Wildman–Crippen LogP) is 4.20. The van der Waals surface area contributed by atoms with Crippen LogP contribution in [0.3, 0.4) is 0 Å². The van der Waals surface area contributed by atoms with Gasteiger partial charge in [-0.2, -0.15) is 0 Å². The Kier molecular flexibility index (Phi) is 2.07. The topological polar surface area (TPSA) is 0 Å². The minimum absolute atomic E-state index is 0.100. The minimum atomic E-state index is 0.100. The van der Waals surface area contributed by atoms with Crippen molar-refractivity contribution in [3.05, 3.63) is 35.2 Å². The monoisotopic (exact) mass is 196 g/mol.